The Morgan fingerprint density at radius 2 is 1.81 bits per heavy atom. The second kappa shape index (κ2) is 9.06. The summed E-state index contributed by atoms with van der Waals surface area (Å²) in [6.07, 6.45) is 0.916. The van der Waals surface area contributed by atoms with Gasteiger partial charge in [-0.3, -0.25) is 10.1 Å². The van der Waals surface area contributed by atoms with Crippen molar-refractivity contribution in [3.63, 3.8) is 0 Å². The van der Waals surface area contributed by atoms with Gasteiger partial charge < -0.3 is 9.73 Å². The Labute approximate surface area is 194 Å². The minimum Gasteiger partial charge on any atom is -0.436 e. The van der Waals surface area contributed by atoms with Crippen LogP contribution in [0.25, 0.3) is 22.6 Å². The normalized spacial score (nSPS) is 10.8. The molecule has 0 fully saturated rings. The zero-order valence-electron chi connectivity index (χ0n) is 16.4. The number of amides is 1. The lowest BCUT2D eigenvalue weighted by atomic mass is 10.1. The van der Waals surface area contributed by atoms with Crippen LogP contribution in [0.3, 0.4) is 0 Å². The highest BCUT2D eigenvalue weighted by atomic mass is 35.5. The Morgan fingerprint density at radius 1 is 1.03 bits per heavy atom. The lowest BCUT2D eigenvalue weighted by Crippen LogP contribution is -2.34. The largest absolute Gasteiger partial charge is 0.436 e. The van der Waals surface area contributed by atoms with Crippen LogP contribution in [0.15, 0.2) is 65.1 Å². The van der Waals surface area contributed by atoms with Crippen molar-refractivity contribution in [1.82, 2.24) is 10.3 Å². The number of thiocarbonyl (C=S) groups is 1. The lowest BCUT2D eigenvalue weighted by molar-refractivity contribution is 0.0977. The van der Waals surface area contributed by atoms with Crippen LogP contribution in [0.4, 0.5) is 5.69 Å². The van der Waals surface area contributed by atoms with Gasteiger partial charge in [-0.25, -0.2) is 4.98 Å². The number of benzene rings is 3. The number of anilines is 1. The molecular weight excluding hydrogens is 453 g/mol. The number of oxazole rings is 1. The first-order chi connectivity index (χ1) is 14.9. The van der Waals surface area contributed by atoms with E-state index in [9.17, 15) is 4.79 Å². The van der Waals surface area contributed by atoms with E-state index in [1.54, 1.807) is 48.5 Å². The molecule has 0 aliphatic heterocycles. The molecule has 0 unspecified atom stereocenters. The average molecular weight is 470 g/mol. The van der Waals surface area contributed by atoms with Gasteiger partial charge in [0, 0.05) is 16.8 Å². The smallest absolute Gasteiger partial charge is 0.257 e. The molecule has 4 rings (SSSR count). The Bertz CT molecular complexity index is 1290. The first-order valence-corrected chi connectivity index (χ1v) is 10.7. The van der Waals surface area contributed by atoms with Crippen LogP contribution >= 0.6 is 35.4 Å². The van der Waals surface area contributed by atoms with Crippen LogP contribution in [0.1, 0.15) is 22.8 Å². The number of aryl methyl sites for hydroxylation is 1. The van der Waals surface area contributed by atoms with Crippen LogP contribution < -0.4 is 10.6 Å². The number of nitrogens with zero attached hydrogens (tertiary/aromatic N) is 1. The van der Waals surface area contributed by atoms with E-state index in [2.05, 4.69) is 22.5 Å². The third-order valence-corrected chi connectivity index (χ3v) is 5.61. The highest BCUT2D eigenvalue weighted by Crippen LogP contribution is 2.30. The number of halogens is 2. The minimum atomic E-state index is -0.274. The molecule has 0 spiro atoms. The number of carbonyl (C=O) groups excluding carboxylic acids is 1. The number of hydrogen-bond acceptors (Lipinski definition) is 4. The average Bonchev–Trinajstić information content (AvgIpc) is 3.19. The molecule has 3 aromatic carbocycles. The molecule has 8 heteroatoms. The van der Waals surface area contributed by atoms with E-state index in [1.807, 2.05) is 12.1 Å². The monoisotopic (exact) mass is 469 g/mol. The molecule has 4 aromatic rings. The van der Waals surface area contributed by atoms with Crippen molar-refractivity contribution >= 4 is 63.2 Å². The Kier molecular flexibility index (Phi) is 6.23. The summed E-state index contributed by atoms with van der Waals surface area (Å²) in [7, 11) is 0. The van der Waals surface area contributed by atoms with Gasteiger partial charge in [-0.15, -0.1) is 0 Å². The van der Waals surface area contributed by atoms with E-state index < -0.39 is 0 Å². The summed E-state index contributed by atoms with van der Waals surface area (Å²) in [4.78, 5) is 16.9. The number of nitrogens with one attached hydrogen (secondary N) is 2. The number of aromatic nitrogens is 1. The van der Waals surface area contributed by atoms with Crippen LogP contribution in [-0.4, -0.2) is 16.0 Å². The minimum absolute atomic E-state index is 0.192. The zero-order valence-corrected chi connectivity index (χ0v) is 18.7. The summed E-state index contributed by atoms with van der Waals surface area (Å²) >= 11 is 17.3. The summed E-state index contributed by atoms with van der Waals surface area (Å²) in [5, 5.41) is 6.77. The number of carbonyl (C=O) groups is 1. The summed E-state index contributed by atoms with van der Waals surface area (Å²) in [6, 6.07) is 17.9. The Hall–Kier alpha value is -2.93. The lowest BCUT2D eigenvalue weighted by Gasteiger charge is -2.09. The third kappa shape index (κ3) is 4.88. The Morgan fingerprint density at radius 3 is 2.52 bits per heavy atom. The molecule has 0 aliphatic rings. The number of fused-ring (bicyclic) bond motifs is 1. The van der Waals surface area contributed by atoms with E-state index in [1.165, 1.54) is 5.56 Å². The van der Waals surface area contributed by atoms with Crippen molar-refractivity contribution in [1.29, 1.82) is 0 Å². The maximum Gasteiger partial charge on any atom is 0.257 e. The van der Waals surface area contributed by atoms with Gasteiger partial charge in [-0.1, -0.05) is 42.3 Å². The second-order valence-corrected chi connectivity index (χ2v) is 8.01. The van der Waals surface area contributed by atoms with Crippen molar-refractivity contribution in [2.24, 2.45) is 0 Å². The molecule has 1 heterocycles. The van der Waals surface area contributed by atoms with E-state index in [-0.39, 0.29) is 11.0 Å². The number of rotatable bonds is 4. The third-order valence-electron chi connectivity index (χ3n) is 4.66. The van der Waals surface area contributed by atoms with E-state index in [0.717, 1.165) is 12.0 Å². The van der Waals surface area contributed by atoms with Crippen molar-refractivity contribution < 1.29 is 9.21 Å². The van der Waals surface area contributed by atoms with Gasteiger partial charge in [0.1, 0.15) is 5.52 Å². The molecular formula is C23H17Cl2N3O2S. The van der Waals surface area contributed by atoms with Gasteiger partial charge in [-0.2, -0.15) is 0 Å². The molecule has 2 N–H and O–H groups in total. The first-order valence-electron chi connectivity index (χ1n) is 9.50. The summed E-state index contributed by atoms with van der Waals surface area (Å²) in [5.74, 6) is 0.154. The second-order valence-electron chi connectivity index (χ2n) is 6.79. The van der Waals surface area contributed by atoms with Crippen LogP contribution in [0.5, 0.6) is 0 Å². The van der Waals surface area contributed by atoms with Gasteiger partial charge >= 0.3 is 0 Å². The molecule has 5 nitrogen and oxygen atoms in total. The van der Waals surface area contributed by atoms with Crippen molar-refractivity contribution in [2.75, 3.05) is 5.32 Å². The molecule has 0 saturated heterocycles. The molecule has 0 saturated carbocycles. The highest BCUT2D eigenvalue weighted by Gasteiger charge is 2.12. The zero-order chi connectivity index (χ0) is 22.0. The van der Waals surface area contributed by atoms with Crippen LogP contribution in [0, 0.1) is 0 Å². The quantitative estimate of drug-likeness (QED) is 0.334. The van der Waals surface area contributed by atoms with Crippen molar-refractivity contribution in [3.8, 4) is 11.5 Å². The molecule has 0 aliphatic carbocycles. The fourth-order valence-electron chi connectivity index (χ4n) is 2.99. The maximum atomic E-state index is 12.4. The summed E-state index contributed by atoms with van der Waals surface area (Å²) < 4.78 is 5.81. The highest BCUT2D eigenvalue weighted by molar-refractivity contribution is 7.80. The van der Waals surface area contributed by atoms with E-state index in [0.29, 0.717) is 38.3 Å². The van der Waals surface area contributed by atoms with Gasteiger partial charge in [0.25, 0.3) is 5.91 Å². The summed E-state index contributed by atoms with van der Waals surface area (Å²) in [5.41, 5.74) is 4.34. The molecule has 1 aromatic heterocycles. The van der Waals surface area contributed by atoms with Crippen molar-refractivity contribution in [2.45, 2.75) is 13.3 Å². The van der Waals surface area contributed by atoms with Gasteiger partial charge in [0.05, 0.1) is 10.0 Å². The number of hydrogen-bond donors (Lipinski definition) is 2. The fourth-order valence-corrected chi connectivity index (χ4v) is 3.50. The van der Waals surface area contributed by atoms with Crippen molar-refractivity contribution in [3.05, 3.63) is 81.8 Å². The summed E-state index contributed by atoms with van der Waals surface area (Å²) in [6.45, 7) is 2.06. The molecule has 0 atom stereocenters. The van der Waals surface area contributed by atoms with Crippen LogP contribution in [0.2, 0.25) is 10.0 Å². The van der Waals surface area contributed by atoms with Crippen LogP contribution in [-0.2, 0) is 6.42 Å². The maximum absolute atomic E-state index is 12.4. The molecule has 0 bridgehead atoms. The topological polar surface area (TPSA) is 67.2 Å². The van der Waals surface area contributed by atoms with Gasteiger partial charge in [0.2, 0.25) is 5.89 Å². The molecule has 1 amide bonds. The van der Waals surface area contributed by atoms with E-state index in [4.69, 9.17) is 39.8 Å². The predicted octanol–water partition coefficient (Wildman–Crippen LogP) is 6.49. The standard InChI is InChI=1S/C23H17Cl2N3O2S/c1-2-13-3-5-14(6-4-13)21(29)28-23(31)26-16-8-10-20-19(12-16)27-22(30-20)15-7-9-17(24)18(25)11-15/h3-12H,2H2,1H3,(H2,26,28,29,31). The predicted molar refractivity (Wildman–Crippen MR) is 129 cm³/mol. The van der Waals surface area contributed by atoms with Gasteiger partial charge in [-0.05, 0) is 72.7 Å². The SMILES string of the molecule is CCc1ccc(C(=O)NC(=S)Nc2ccc3oc(-c4ccc(Cl)c(Cl)c4)nc3c2)cc1. The first kappa shape index (κ1) is 21.3. The Balaban J connectivity index is 1.47. The molecule has 156 valence electrons. The molecule has 31 heavy (non-hydrogen) atoms. The molecule has 0 radical (unpaired) electrons. The van der Waals surface area contributed by atoms with E-state index >= 15 is 0 Å². The fraction of sp³-hybridized carbons (Fsp3) is 0.0870. The van der Waals surface area contributed by atoms with Gasteiger partial charge in [0.15, 0.2) is 10.7 Å².